The summed E-state index contributed by atoms with van der Waals surface area (Å²) in [5, 5.41) is 8.73. The van der Waals surface area contributed by atoms with E-state index in [0.29, 0.717) is 17.7 Å². The monoisotopic (exact) mass is 265 g/mol. The number of hydrogen-bond donors (Lipinski definition) is 0. The first-order valence-electron chi connectivity index (χ1n) is 6.36. The molecular formula is C16H15N3O. The van der Waals surface area contributed by atoms with Crippen LogP contribution in [-0.2, 0) is 6.42 Å². The number of aromatic nitrogens is 1. The van der Waals surface area contributed by atoms with Crippen LogP contribution in [0.1, 0.15) is 21.6 Å². The van der Waals surface area contributed by atoms with Gasteiger partial charge in [-0.15, -0.1) is 0 Å². The fourth-order valence-electron chi connectivity index (χ4n) is 1.84. The lowest BCUT2D eigenvalue weighted by Gasteiger charge is -2.17. The number of nitriles is 1. The van der Waals surface area contributed by atoms with Gasteiger partial charge in [-0.05, 0) is 36.4 Å². The van der Waals surface area contributed by atoms with Crippen LogP contribution in [0.15, 0.2) is 48.7 Å². The Morgan fingerprint density at radius 1 is 1.25 bits per heavy atom. The van der Waals surface area contributed by atoms with E-state index in [1.54, 1.807) is 42.4 Å². The van der Waals surface area contributed by atoms with Crippen LogP contribution in [0, 0.1) is 11.3 Å². The minimum atomic E-state index is -0.0505. The summed E-state index contributed by atoms with van der Waals surface area (Å²) in [4.78, 5) is 18.1. The van der Waals surface area contributed by atoms with Crippen LogP contribution in [-0.4, -0.2) is 29.4 Å². The number of benzene rings is 1. The molecule has 0 unspecified atom stereocenters. The number of amides is 1. The van der Waals surface area contributed by atoms with Crippen molar-refractivity contribution in [2.45, 2.75) is 6.42 Å². The zero-order valence-electron chi connectivity index (χ0n) is 11.3. The molecule has 0 bridgehead atoms. The lowest BCUT2D eigenvalue weighted by molar-refractivity contribution is 0.0796. The highest BCUT2D eigenvalue weighted by molar-refractivity contribution is 5.94. The molecule has 1 aromatic heterocycles. The average Bonchev–Trinajstić information content (AvgIpc) is 2.53. The summed E-state index contributed by atoms with van der Waals surface area (Å²) in [6, 6.07) is 14.4. The van der Waals surface area contributed by atoms with Gasteiger partial charge in [0.2, 0.25) is 0 Å². The molecule has 0 radical (unpaired) electrons. The molecule has 0 atom stereocenters. The maximum Gasteiger partial charge on any atom is 0.253 e. The maximum atomic E-state index is 12.2. The van der Waals surface area contributed by atoms with Gasteiger partial charge >= 0.3 is 0 Å². The van der Waals surface area contributed by atoms with E-state index >= 15 is 0 Å². The molecular weight excluding hydrogens is 250 g/mol. The summed E-state index contributed by atoms with van der Waals surface area (Å²) in [7, 11) is 1.77. The first-order chi connectivity index (χ1) is 9.70. The highest BCUT2D eigenvalue weighted by Gasteiger charge is 2.11. The van der Waals surface area contributed by atoms with Crippen LogP contribution in [0.2, 0.25) is 0 Å². The Morgan fingerprint density at radius 3 is 2.60 bits per heavy atom. The topological polar surface area (TPSA) is 57.0 Å². The van der Waals surface area contributed by atoms with Crippen molar-refractivity contribution in [2.75, 3.05) is 13.6 Å². The normalized spacial score (nSPS) is 9.80. The molecule has 1 heterocycles. The molecule has 4 nitrogen and oxygen atoms in total. The second-order valence-corrected chi connectivity index (χ2v) is 4.49. The Bertz CT molecular complexity index is 614. The SMILES string of the molecule is CN(CCc1ccccn1)C(=O)c1ccc(C#N)cc1. The van der Waals surface area contributed by atoms with Crippen molar-refractivity contribution >= 4 is 5.91 Å². The third-order valence-electron chi connectivity index (χ3n) is 3.04. The van der Waals surface area contributed by atoms with Gasteiger partial charge in [-0.25, -0.2) is 0 Å². The number of pyridine rings is 1. The highest BCUT2D eigenvalue weighted by Crippen LogP contribution is 2.07. The van der Waals surface area contributed by atoms with Crippen molar-refractivity contribution in [3.63, 3.8) is 0 Å². The second-order valence-electron chi connectivity index (χ2n) is 4.49. The third-order valence-corrected chi connectivity index (χ3v) is 3.04. The first kappa shape index (κ1) is 13.8. The van der Waals surface area contributed by atoms with E-state index in [2.05, 4.69) is 4.98 Å². The molecule has 2 rings (SSSR count). The molecule has 100 valence electrons. The molecule has 2 aromatic rings. The summed E-state index contributed by atoms with van der Waals surface area (Å²) in [5.74, 6) is -0.0505. The molecule has 20 heavy (non-hydrogen) atoms. The van der Waals surface area contributed by atoms with Gasteiger partial charge in [-0.3, -0.25) is 9.78 Å². The maximum absolute atomic E-state index is 12.2. The van der Waals surface area contributed by atoms with Crippen molar-refractivity contribution in [1.29, 1.82) is 5.26 Å². The van der Waals surface area contributed by atoms with E-state index in [-0.39, 0.29) is 5.91 Å². The zero-order valence-corrected chi connectivity index (χ0v) is 11.3. The Hall–Kier alpha value is -2.67. The smallest absolute Gasteiger partial charge is 0.253 e. The Balaban J connectivity index is 1.96. The van der Waals surface area contributed by atoms with E-state index < -0.39 is 0 Å². The first-order valence-corrected chi connectivity index (χ1v) is 6.36. The summed E-state index contributed by atoms with van der Waals surface area (Å²) in [6.07, 6.45) is 2.47. The van der Waals surface area contributed by atoms with Crippen molar-refractivity contribution in [1.82, 2.24) is 9.88 Å². The van der Waals surface area contributed by atoms with E-state index in [1.807, 2.05) is 24.3 Å². The van der Waals surface area contributed by atoms with Crippen LogP contribution < -0.4 is 0 Å². The van der Waals surface area contributed by atoms with Gasteiger partial charge in [0.05, 0.1) is 11.6 Å². The largest absolute Gasteiger partial charge is 0.341 e. The predicted octanol–water partition coefficient (Wildman–Crippen LogP) is 2.27. The summed E-state index contributed by atoms with van der Waals surface area (Å²) in [5.41, 5.74) is 2.11. The summed E-state index contributed by atoms with van der Waals surface area (Å²) >= 11 is 0. The summed E-state index contributed by atoms with van der Waals surface area (Å²) < 4.78 is 0. The minimum Gasteiger partial charge on any atom is -0.341 e. The lowest BCUT2D eigenvalue weighted by atomic mass is 10.1. The number of carbonyl (C=O) groups is 1. The molecule has 0 spiro atoms. The molecule has 0 saturated carbocycles. The Kier molecular flexibility index (Phi) is 4.46. The second kappa shape index (κ2) is 6.48. The quantitative estimate of drug-likeness (QED) is 0.852. The van der Waals surface area contributed by atoms with E-state index in [4.69, 9.17) is 5.26 Å². The number of likely N-dealkylation sites (N-methyl/N-ethyl adjacent to an activating group) is 1. The third kappa shape index (κ3) is 3.42. The van der Waals surface area contributed by atoms with Crippen LogP contribution in [0.5, 0.6) is 0 Å². The molecule has 0 saturated heterocycles. The van der Waals surface area contributed by atoms with Gasteiger partial charge in [0, 0.05) is 37.5 Å². The van der Waals surface area contributed by atoms with Crippen molar-refractivity contribution in [3.8, 4) is 6.07 Å². The minimum absolute atomic E-state index is 0.0505. The number of carbonyl (C=O) groups excluding carboxylic acids is 1. The van der Waals surface area contributed by atoms with Crippen molar-refractivity contribution in [2.24, 2.45) is 0 Å². The standard InChI is InChI=1S/C16H15N3O/c1-19(11-9-15-4-2-3-10-18-15)16(20)14-7-5-13(12-17)6-8-14/h2-8,10H,9,11H2,1H3. The van der Waals surface area contributed by atoms with Crippen molar-refractivity contribution < 1.29 is 4.79 Å². The van der Waals surface area contributed by atoms with Crippen molar-refractivity contribution in [3.05, 3.63) is 65.5 Å². The molecule has 0 N–H and O–H groups in total. The molecule has 0 aliphatic heterocycles. The molecule has 4 heteroatoms. The fourth-order valence-corrected chi connectivity index (χ4v) is 1.84. The Morgan fingerprint density at radius 2 is 2.00 bits per heavy atom. The highest BCUT2D eigenvalue weighted by atomic mass is 16.2. The summed E-state index contributed by atoms with van der Waals surface area (Å²) in [6.45, 7) is 0.607. The van der Waals surface area contributed by atoms with Gasteiger partial charge in [0.25, 0.3) is 5.91 Å². The van der Waals surface area contributed by atoms with Crippen LogP contribution in [0.25, 0.3) is 0 Å². The van der Waals surface area contributed by atoms with E-state index in [0.717, 1.165) is 12.1 Å². The van der Waals surface area contributed by atoms with E-state index in [9.17, 15) is 4.79 Å². The molecule has 0 fully saturated rings. The molecule has 1 aromatic carbocycles. The van der Waals surface area contributed by atoms with Gasteiger partial charge in [-0.1, -0.05) is 6.07 Å². The fraction of sp³-hybridized carbons (Fsp3) is 0.188. The van der Waals surface area contributed by atoms with E-state index in [1.165, 1.54) is 0 Å². The number of hydrogen-bond acceptors (Lipinski definition) is 3. The number of nitrogens with zero attached hydrogens (tertiary/aromatic N) is 3. The van der Waals surface area contributed by atoms with Crippen LogP contribution >= 0.6 is 0 Å². The van der Waals surface area contributed by atoms with Gasteiger partial charge < -0.3 is 4.90 Å². The van der Waals surface area contributed by atoms with Crippen LogP contribution in [0.3, 0.4) is 0 Å². The Labute approximate surface area is 118 Å². The zero-order chi connectivity index (χ0) is 14.4. The number of rotatable bonds is 4. The molecule has 1 amide bonds. The van der Waals surface area contributed by atoms with Crippen LogP contribution in [0.4, 0.5) is 0 Å². The predicted molar refractivity (Wildman–Crippen MR) is 76.1 cm³/mol. The lowest BCUT2D eigenvalue weighted by Crippen LogP contribution is -2.28. The van der Waals surface area contributed by atoms with Gasteiger partial charge in [0.15, 0.2) is 0 Å². The average molecular weight is 265 g/mol. The van der Waals surface area contributed by atoms with Gasteiger partial charge in [0.1, 0.15) is 0 Å². The molecule has 0 aliphatic rings. The van der Waals surface area contributed by atoms with Gasteiger partial charge in [-0.2, -0.15) is 5.26 Å². The molecule has 0 aliphatic carbocycles.